The molecule has 1 aromatic carbocycles. The van der Waals surface area contributed by atoms with Crippen LogP contribution in [0.5, 0.6) is 0 Å². The van der Waals surface area contributed by atoms with E-state index in [0.717, 1.165) is 11.1 Å². The Morgan fingerprint density at radius 3 is 2.35 bits per heavy atom. The Morgan fingerprint density at radius 1 is 1.15 bits per heavy atom. The number of hydrogen-bond donors (Lipinski definition) is 0. The summed E-state index contributed by atoms with van der Waals surface area (Å²) in [6, 6.07) is 9.43. The summed E-state index contributed by atoms with van der Waals surface area (Å²) in [7, 11) is -1.57. The van der Waals surface area contributed by atoms with Gasteiger partial charge in [-0.15, -0.1) is 5.54 Å². The molecule has 0 heterocycles. The Balaban J connectivity index is 2.48. The molecule has 0 atom stereocenters. The van der Waals surface area contributed by atoms with Gasteiger partial charge in [-0.25, -0.2) is 9.59 Å². The van der Waals surface area contributed by atoms with Crippen molar-refractivity contribution in [2.24, 2.45) is 0 Å². The maximum Gasteiger partial charge on any atom is 0.482 e. The zero-order valence-electron chi connectivity index (χ0n) is 15.2. The van der Waals surface area contributed by atoms with Gasteiger partial charge in [-0.05, 0) is 11.1 Å². The van der Waals surface area contributed by atoms with Crippen molar-refractivity contribution >= 4 is 31.3 Å². The molecule has 0 unspecified atom stereocenters. The molecular weight excluding hydrogens is 348 g/mol. The summed E-state index contributed by atoms with van der Waals surface area (Å²) in [5.74, 6) is 0.581. The van der Waals surface area contributed by atoms with Crippen LogP contribution >= 0.6 is 0 Å². The van der Waals surface area contributed by atoms with Gasteiger partial charge in [0, 0.05) is 6.42 Å². The Kier molecular flexibility index (Phi) is 8.23. The van der Waals surface area contributed by atoms with Gasteiger partial charge in [-0.3, -0.25) is 0 Å². The standard InChI is InChI=1S/C19H22N2O4Si/c1-15(16-9-6-5-7-10-16)11-13-25-19(23)17(21-20)18(22)24-12-8-14-26(2,3)4/h5-7,9-10H,1,11-13H2,2-4H3. The molecule has 7 heteroatoms. The first-order chi connectivity index (χ1) is 12.2. The topological polar surface area (TPSA) is 89.0 Å². The van der Waals surface area contributed by atoms with Gasteiger partial charge in [0.2, 0.25) is 0 Å². The summed E-state index contributed by atoms with van der Waals surface area (Å²) in [5, 5.41) is 0. The summed E-state index contributed by atoms with van der Waals surface area (Å²) in [6.45, 7) is 9.87. The van der Waals surface area contributed by atoms with Crippen molar-refractivity contribution in [2.75, 3.05) is 13.2 Å². The number of carbonyl (C=O) groups excluding carboxylic acids is 2. The second kappa shape index (κ2) is 10.1. The fraction of sp³-hybridized carbons (Fsp3) is 0.316. The predicted octanol–water partition coefficient (Wildman–Crippen LogP) is 2.73. The largest absolute Gasteiger partial charge is 0.482 e. The molecule has 0 aliphatic carbocycles. The Hall–Kier alpha value is -2.94. The van der Waals surface area contributed by atoms with Gasteiger partial charge in [0.1, 0.15) is 8.07 Å². The van der Waals surface area contributed by atoms with Gasteiger partial charge in [-0.2, -0.15) is 4.79 Å². The van der Waals surface area contributed by atoms with E-state index in [9.17, 15) is 9.59 Å². The van der Waals surface area contributed by atoms with Gasteiger partial charge < -0.3 is 15.0 Å². The van der Waals surface area contributed by atoms with Crippen LogP contribution in [-0.4, -0.2) is 43.7 Å². The lowest BCUT2D eigenvalue weighted by Gasteiger charge is -2.06. The molecule has 6 nitrogen and oxygen atoms in total. The van der Waals surface area contributed by atoms with Crippen molar-refractivity contribution in [1.29, 1.82) is 0 Å². The fourth-order valence-electron chi connectivity index (χ4n) is 1.79. The normalized spacial score (nSPS) is 9.96. The summed E-state index contributed by atoms with van der Waals surface area (Å²) < 4.78 is 9.76. The van der Waals surface area contributed by atoms with Crippen molar-refractivity contribution in [3.8, 4) is 11.5 Å². The second-order valence-corrected chi connectivity index (χ2v) is 11.2. The smallest absolute Gasteiger partial charge is 0.456 e. The van der Waals surface area contributed by atoms with Gasteiger partial charge >= 0.3 is 17.7 Å². The summed E-state index contributed by atoms with van der Waals surface area (Å²) in [6.07, 6.45) is 0.380. The van der Waals surface area contributed by atoms with E-state index < -0.39 is 25.7 Å². The number of benzene rings is 1. The zero-order chi connectivity index (χ0) is 19.6. The number of hydrogen-bond acceptors (Lipinski definition) is 4. The first-order valence-electron chi connectivity index (χ1n) is 8.04. The highest BCUT2D eigenvalue weighted by molar-refractivity contribution is 6.83. The van der Waals surface area contributed by atoms with Crippen LogP contribution in [0, 0.1) is 11.5 Å². The molecule has 0 aliphatic heterocycles. The van der Waals surface area contributed by atoms with Crippen molar-refractivity contribution in [1.82, 2.24) is 0 Å². The van der Waals surface area contributed by atoms with Crippen molar-refractivity contribution in [2.45, 2.75) is 26.1 Å². The fourth-order valence-corrected chi connectivity index (χ4v) is 2.39. The molecule has 0 radical (unpaired) electrons. The minimum Gasteiger partial charge on any atom is -0.456 e. The molecule has 26 heavy (non-hydrogen) atoms. The molecule has 0 saturated heterocycles. The number of rotatable bonds is 7. The molecule has 1 rings (SSSR count). The molecule has 0 fully saturated rings. The summed E-state index contributed by atoms with van der Waals surface area (Å²) in [4.78, 5) is 26.3. The van der Waals surface area contributed by atoms with Crippen LogP contribution in [0.25, 0.3) is 11.1 Å². The summed E-state index contributed by atoms with van der Waals surface area (Å²) >= 11 is 0. The maximum atomic E-state index is 11.9. The monoisotopic (exact) mass is 370 g/mol. The average molecular weight is 370 g/mol. The third-order valence-electron chi connectivity index (χ3n) is 3.04. The molecule has 136 valence electrons. The Labute approximate surface area is 154 Å². The molecule has 0 amide bonds. The predicted molar refractivity (Wildman–Crippen MR) is 102 cm³/mol. The molecule has 1 aromatic rings. The van der Waals surface area contributed by atoms with Crippen LogP contribution in [0.1, 0.15) is 12.0 Å². The molecule has 0 N–H and O–H groups in total. The number of carbonyl (C=O) groups is 2. The molecule has 0 bridgehead atoms. The molecule has 0 spiro atoms. The van der Waals surface area contributed by atoms with E-state index in [2.05, 4.69) is 22.8 Å². The van der Waals surface area contributed by atoms with E-state index in [1.807, 2.05) is 50.0 Å². The molecule has 0 aliphatic rings. The maximum absolute atomic E-state index is 11.9. The average Bonchev–Trinajstić information content (AvgIpc) is 2.59. The first-order valence-corrected chi connectivity index (χ1v) is 11.5. The third kappa shape index (κ3) is 7.75. The minimum absolute atomic E-state index is 0.00566. The Bertz CT molecular complexity index is 779. The molecule has 0 saturated carbocycles. The lowest BCUT2D eigenvalue weighted by molar-refractivity contribution is -0.148. The highest BCUT2D eigenvalue weighted by Gasteiger charge is 2.33. The number of nitrogens with zero attached hydrogens (tertiary/aromatic N) is 2. The van der Waals surface area contributed by atoms with Crippen LogP contribution in [0.15, 0.2) is 36.9 Å². The van der Waals surface area contributed by atoms with Gasteiger partial charge in [-0.1, -0.05) is 62.5 Å². The van der Waals surface area contributed by atoms with Crippen LogP contribution in [0.2, 0.25) is 19.6 Å². The van der Waals surface area contributed by atoms with Crippen molar-refractivity contribution in [3.05, 3.63) is 48.0 Å². The highest BCUT2D eigenvalue weighted by atomic mass is 28.3. The highest BCUT2D eigenvalue weighted by Crippen LogP contribution is 2.15. The van der Waals surface area contributed by atoms with E-state index in [1.165, 1.54) is 0 Å². The SMILES string of the molecule is C=C(CCOC(=O)C(=[N+]=[N-])C(=O)OCC#C[Si](C)(C)C)c1ccccc1. The third-order valence-corrected chi connectivity index (χ3v) is 3.97. The van der Waals surface area contributed by atoms with Crippen LogP contribution in [0.3, 0.4) is 0 Å². The van der Waals surface area contributed by atoms with E-state index in [4.69, 9.17) is 15.0 Å². The van der Waals surface area contributed by atoms with Crippen molar-refractivity contribution in [3.63, 3.8) is 0 Å². The van der Waals surface area contributed by atoms with Gasteiger partial charge in [0.15, 0.2) is 6.61 Å². The molecular formula is C19H22N2O4Si. The van der Waals surface area contributed by atoms with E-state index in [1.54, 1.807) is 0 Å². The summed E-state index contributed by atoms with van der Waals surface area (Å²) in [5.41, 5.74) is 12.8. The first kappa shape index (κ1) is 21.1. The minimum atomic E-state index is -1.57. The number of ether oxygens (including phenoxy) is 2. The Morgan fingerprint density at radius 2 is 1.77 bits per heavy atom. The van der Waals surface area contributed by atoms with Crippen molar-refractivity contribution < 1.29 is 23.9 Å². The van der Waals surface area contributed by atoms with Gasteiger partial charge in [0.25, 0.3) is 0 Å². The van der Waals surface area contributed by atoms with Gasteiger partial charge in [0.05, 0.1) is 6.61 Å². The van der Waals surface area contributed by atoms with Crippen LogP contribution in [-0.2, 0) is 19.1 Å². The zero-order valence-corrected chi connectivity index (χ0v) is 16.2. The van der Waals surface area contributed by atoms with E-state index in [-0.39, 0.29) is 13.2 Å². The van der Waals surface area contributed by atoms with Crippen LogP contribution < -0.4 is 0 Å². The number of esters is 2. The van der Waals surface area contributed by atoms with E-state index in [0.29, 0.717) is 6.42 Å². The molecule has 0 aromatic heterocycles. The van der Waals surface area contributed by atoms with Crippen LogP contribution in [0.4, 0.5) is 0 Å². The van der Waals surface area contributed by atoms with E-state index >= 15 is 0 Å². The lowest BCUT2D eigenvalue weighted by Crippen LogP contribution is -2.29. The second-order valence-electron chi connectivity index (χ2n) is 6.43. The quantitative estimate of drug-likeness (QED) is 0.140. The lowest BCUT2D eigenvalue weighted by atomic mass is 10.1.